The molecule has 6 N–H and O–H groups in total. The maximum absolute atomic E-state index is 13.3. The van der Waals surface area contributed by atoms with Crippen molar-refractivity contribution in [1.29, 1.82) is 0 Å². The number of hydrogen-bond acceptors (Lipinski definition) is 5. The number of nitrogens with one attached hydrogen (secondary N) is 4. The van der Waals surface area contributed by atoms with Crippen molar-refractivity contribution in [3.8, 4) is 0 Å². The SMILES string of the molecule is CCC(=O)NC(Cc1ccc(N)cc1)C(=O)NCC(=O)NC(Cc1c[nH]c2ccccc12)C(=O)C(F)(F)F. The molecule has 9 nitrogen and oxygen atoms in total. The van der Waals surface area contributed by atoms with Crippen LogP contribution in [0.15, 0.2) is 54.7 Å². The Bertz CT molecular complexity index is 1300. The molecule has 0 saturated carbocycles. The number of amides is 3. The van der Waals surface area contributed by atoms with Crippen molar-refractivity contribution in [1.82, 2.24) is 20.9 Å². The molecule has 0 radical (unpaired) electrons. The number of rotatable bonds is 11. The van der Waals surface area contributed by atoms with Crippen LogP contribution < -0.4 is 21.7 Å². The number of nitrogen functional groups attached to an aromatic ring is 1. The number of anilines is 1. The van der Waals surface area contributed by atoms with Crippen molar-refractivity contribution in [3.05, 3.63) is 65.9 Å². The third-order valence-electron chi connectivity index (χ3n) is 5.85. The molecule has 0 aliphatic heterocycles. The van der Waals surface area contributed by atoms with Crippen molar-refractivity contribution < 1.29 is 32.3 Å². The summed E-state index contributed by atoms with van der Waals surface area (Å²) < 4.78 is 39.8. The van der Waals surface area contributed by atoms with Gasteiger partial charge >= 0.3 is 6.18 Å². The molecule has 2 atom stereocenters. The molecule has 3 rings (SSSR count). The Kier molecular flexibility index (Phi) is 9.11. The molecule has 1 heterocycles. The number of para-hydroxylation sites is 1. The van der Waals surface area contributed by atoms with Gasteiger partial charge in [-0.2, -0.15) is 13.2 Å². The molecule has 0 fully saturated rings. The van der Waals surface area contributed by atoms with E-state index in [-0.39, 0.29) is 12.8 Å². The topological polar surface area (TPSA) is 146 Å². The number of aromatic amines is 1. The average Bonchev–Trinajstić information content (AvgIpc) is 3.29. The molecule has 2 unspecified atom stereocenters. The highest BCUT2D eigenvalue weighted by molar-refractivity contribution is 5.95. The monoisotopic (exact) mass is 531 g/mol. The van der Waals surface area contributed by atoms with E-state index in [2.05, 4.69) is 20.9 Å². The zero-order chi connectivity index (χ0) is 27.9. The smallest absolute Gasteiger partial charge is 0.399 e. The fourth-order valence-electron chi connectivity index (χ4n) is 3.86. The minimum absolute atomic E-state index is 0.0925. The summed E-state index contributed by atoms with van der Waals surface area (Å²) in [4.78, 5) is 52.2. The van der Waals surface area contributed by atoms with Gasteiger partial charge in [-0.05, 0) is 29.3 Å². The van der Waals surface area contributed by atoms with Gasteiger partial charge in [-0.3, -0.25) is 19.2 Å². The van der Waals surface area contributed by atoms with Gasteiger partial charge in [0.1, 0.15) is 12.1 Å². The number of ketones is 1. The zero-order valence-electron chi connectivity index (χ0n) is 20.5. The Hall–Kier alpha value is -4.35. The van der Waals surface area contributed by atoms with E-state index in [1.165, 1.54) is 6.20 Å². The van der Waals surface area contributed by atoms with Gasteiger partial charge in [0.25, 0.3) is 5.78 Å². The number of alkyl halides is 3. The lowest BCUT2D eigenvalue weighted by molar-refractivity contribution is -0.173. The highest BCUT2D eigenvalue weighted by Crippen LogP contribution is 2.23. The van der Waals surface area contributed by atoms with Crippen LogP contribution in [-0.4, -0.2) is 53.3 Å². The molecule has 2 aromatic carbocycles. The van der Waals surface area contributed by atoms with Gasteiger partial charge in [0.15, 0.2) is 0 Å². The van der Waals surface area contributed by atoms with E-state index in [0.717, 1.165) is 0 Å². The Morgan fingerprint density at radius 1 is 0.921 bits per heavy atom. The lowest BCUT2D eigenvalue weighted by Crippen LogP contribution is -2.53. The number of halogens is 3. The standard InChI is InChI=1S/C26H28F3N5O4/c1-2-22(35)34-21(11-15-7-9-17(30)10-8-15)25(38)32-14-23(36)33-20(24(37)26(27,28)29)12-16-13-31-19-6-4-3-5-18(16)19/h3-10,13,20-21,31H,2,11-12,14,30H2,1H3,(H,32,38)(H,33,36)(H,34,35). The minimum atomic E-state index is -5.18. The second kappa shape index (κ2) is 12.3. The van der Waals surface area contributed by atoms with Gasteiger partial charge in [-0.15, -0.1) is 0 Å². The van der Waals surface area contributed by atoms with E-state index in [9.17, 15) is 32.3 Å². The highest BCUT2D eigenvalue weighted by Gasteiger charge is 2.44. The zero-order valence-corrected chi connectivity index (χ0v) is 20.5. The number of carbonyl (C=O) groups is 4. The Morgan fingerprint density at radius 3 is 2.24 bits per heavy atom. The second-order valence-corrected chi connectivity index (χ2v) is 8.68. The summed E-state index contributed by atoms with van der Waals surface area (Å²) in [6.07, 6.45) is -3.90. The molecule has 0 spiro atoms. The number of Topliss-reactive ketones (excluding diaryl/α,β-unsaturated/α-hetero) is 1. The summed E-state index contributed by atoms with van der Waals surface area (Å²) in [5.41, 5.74) is 7.95. The summed E-state index contributed by atoms with van der Waals surface area (Å²) in [6, 6.07) is 10.5. The number of fused-ring (bicyclic) bond motifs is 1. The Balaban J connectivity index is 1.68. The third-order valence-corrected chi connectivity index (χ3v) is 5.85. The maximum atomic E-state index is 13.3. The van der Waals surface area contributed by atoms with Crippen LogP contribution in [0.25, 0.3) is 10.9 Å². The Morgan fingerprint density at radius 2 is 1.58 bits per heavy atom. The van der Waals surface area contributed by atoms with Crippen molar-refractivity contribution in [2.24, 2.45) is 0 Å². The average molecular weight is 532 g/mol. The fourth-order valence-corrected chi connectivity index (χ4v) is 3.86. The predicted octanol–water partition coefficient (Wildman–Crippen LogP) is 2.16. The predicted molar refractivity (Wildman–Crippen MR) is 135 cm³/mol. The number of H-pyrrole nitrogens is 1. The minimum Gasteiger partial charge on any atom is -0.399 e. The fraction of sp³-hybridized carbons (Fsp3) is 0.308. The van der Waals surface area contributed by atoms with Crippen LogP contribution in [0.3, 0.4) is 0 Å². The van der Waals surface area contributed by atoms with Gasteiger partial charge < -0.3 is 26.7 Å². The van der Waals surface area contributed by atoms with E-state index >= 15 is 0 Å². The summed E-state index contributed by atoms with van der Waals surface area (Å²) in [6.45, 7) is 0.904. The number of nitrogens with two attached hydrogens (primary N) is 1. The van der Waals surface area contributed by atoms with Crippen LogP contribution >= 0.6 is 0 Å². The van der Waals surface area contributed by atoms with Crippen molar-refractivity contribution in [2.45, 2.75) is 44.4 Å². The number of benzene rings is 2. The number of carbonyl (C=O) groups excluding carboxylic acids is 4. The molecular weight excluding hydrogens is 503 g/mol. The molecule has 12 heteroatoms. The molecule has 202 valence electrons. The summed E-state index contributed by atoms with van der Waals surface area (Å²) in [7, 11) is 0. The quantitative estimate of drug-likeness (QED) is 0.241. The first-order chi connectivity index (χ1) is 18.0. The lowest BCUT2D eigenvalue weighted by atomic mass is 10.0. The third kappa shape index (κ3) is 7.58. The molecule has 1 aromatic heterocycles. The van der Waals surface area contributed by atoms with E-state index in [1.807, 2.05) is 0 Å². The van der Waals surface area contributed by atoms with Gasteiger partial charge in [0.2, 0.25) is 17.7 Å². The van der Waals surface area contributed by atoms with Gasteiger partial charge in [-0.1, -0.05) is 37.3 Å². The molecule has 3 aromatic rings. The molecular formula is C26H28F3N5O4. The first-order valence-electron chi connectivity index (χ1n) is 11.8. The molecule has 0 saturated heterocycles. The Labute approximate surface area is 216 Å². The van der Waals surface area contributed by atoms with E-state index < -0.39 is 54.7 Å². The number of aromatic nitrogens is 1. The van der Waals surface area contributed by atoms with Crippen molar-refractivity contribution in [3.63, 3.8) is 0 Å². The van der Waals surface area contributed by atoms with Crippen LogP contribution in [-0.2, 0) is 32.0 Å². The largest absolute Gasteiger partial charge is 0.452 e. The lowest BCUT2D eigenvalue weighted by Gasteiger charge is -2.21. The van der Waals surface area contributed by atoms with Gasteiger partial charge in [0.05, 0.1) is 6.54 Å². The highest BCUT2D eigenvalue weighted by atomic mass is 19.4. The van der Waals surface area contributed by atoms with Gasteiger partial charge in [-0.25, -0.2) is 0 Å². The van der Waals surface area contributed by atoms with E-state index in [1.54, 1.807) is 55.5 Å². The second-order valence-electron chi connectivity index (χ2n) is 8.68. The van der Waals surface area contributed by atoms with Gasteiger partial charge in [0, 0.05) is 42.0 Å². The summed E-state index contributed by atoms with van der Waals surface area (Å²) in [5, 5.41) is 7.59. The van der Waals surface area contributed by atoms with Crippen molar-refractivity contribution in [2.75, 3.05) is 12.3 Å². The number of hydrogen-bond donors (Lipinski definition) is 5. The molecule has 0 aliphatic carbocycles. The van der Waals surface area contributed by atoms with E-state index in [4.69, 9.17) is 5.73 Å². The summed E-state index contributed by atoms with van der Waals surface area (Å²) >= 11 is 0. The molecule has 0 aliphatic rings. The van der Waals surface area contributed by atoms with Crippen LogP contribution in [0.1, 0.15) is 24.5 Å². The molecule has 38 heavy (non-hydrogen) atoms. The normalized spacial score (nSPS) is 12.9. The summed E-state index contributed by atoms with van der Waals surface area (Å²) in [5.74, 6) is -4.22. The van der Waals surface area contributed by atoms with Crippen LogP contribution in [0.5, 0.6) is 0 Å². The van der Waals surface area contributed by atoms with E-state index in [0.29, 0.717) is 27.7 Å². The first-order valence-corrected chi connectivity index (χ1v) is 11.8. The van der Waals surface area contributed by atoms with Crippen LogP contribution in [0.4, 0.5) is 18.9 Å². The van der Waals surface area contributed by atoms with Crippen molar-refractivity contribution >= 4 is 40.1 Å². The maximum Gasteiger partial charge on any atom is 0.452 e. The van der Waals surface area contributed by atoms with Crippen LogP contribution in [0, 0.1) is 0 Å². The first kappa shape index (κ1) is 28.2. The van der Waals surface area contributed by atoms with Crippen LogP contribution in [0.2, 0.25) is 0 Å². The molecule has 0 bridgehead atoms. The molecule has 3 amide bonds.